The predicted octanol–water partition coefficient (Wildman–Crippen LogP) is 4.95. The number of quaternary nitrogens is 1. The van der Waals surface area contributed by atoms with Crippen LogP contribution >= 0.6 is 0 Å². The number of carboxylic acid groups (broad SMARTS) is 2. The highest BCUT2D eigenvalue weighted by Gasteiger charge is 2.22. The van der Waals surface area contributed by atoms with Crippen LogP contribution in [-0.2, 0) is 9.59 Å². The Morgan fingerprint density at radius 3 is 1.21 bits per heavy atom. The Morgan fingerprint density at radius 1 is 0.658 bits per heavy atom. The number of hydrogen-bond acceptors (Lipinski definition) is 6. The second kappa shape index (κ2) is 26.0. The highest BCUT2D eigenvalue weighted by Crippen LogP contribution is 2.16. The third kappa shape index (κ3) is 36.9. The van der Waals surface area contributed by atoms with Crippen LogP contribution in [0.4, 0.5) is 0 Å². The fraction of sp³-hybridized carbons (Fsp3) is 0.933. The molecule has 0 radical (unpaired) electrons. The quantitative estimate of drug-likeness (QED) is 0.0686. The summed E-state index contributed by atoms with van der Waals surface area (Å²) in [5, 5.41) is 39.8. The van der Waals surface area contributed by atoms with Crippen molar-refractivity contribution in [2.45, 2.75) is 148 Å². The van der Waals surface area contributed by atoms with Crippen molar-refractivity contribution in [1.82, 2.24) is 5.32 Å². The van der Waals surface area contributed by atoms with E-state index in [1.54, 1.807) is 21.1 Å². The van der Waals surface area contributed by atoms with E-state index in [2.05, 4.69) is 12.2 Å². The lowest BCUT2D eigenvalue weighted by molar-refractivity contribution is -0.864. The number of nitrogens with one attached hydrogen (secondary N) is 1. The first-order chi connectivity index (χ1) is 17.9. The molecule has 0 rings (SSSR count). The van der Waals surface area contributed by atoms with Gasteiger partial charge in [0.05, 0.1) is 33.7 Å². The molecule has 0 saturated heterocycles. The third-order valence-corrected chi connectivity index (χ3v) is 6.51. The number of carbonyl (C=O) groups is 2. The lowest BCUT2D eigenvalue weighted by atomic mass is 10.0. The number of aliphatic carboxylic acids is 2. The number of aliphatic hydroxyl groups is 2. The van der Waals surface area contributed by atoms with Gasteiger partial charge < -0.3 is 29.7 Å². The first-order valence-corrected chi connectivity index (χ1v) is 15.3. The first kappa shape index (κ1) is 38.9. The Bertz CT molecular complexity index is 549. The molecule has 0 unspecified atom stereocenters. The van der Waals surface area contributed by atoms with E-state index in [0.717, 1.165) is 12.8 Å². The number of carbonyl (C=O) groups excluding carboxylic acids is 1. The molecule has 8 nitrogen and oxygen atoms in total. The van der Waals surface area contributed by atoms with Gasteiger partial charge in [-0.2, -0.15) is 0 Å². The molecule has 0 aliphatic rings. The monoisotopic (exact) mass is 546 g/mol. The number of unbranched alkanes of at least 4 members (excludes halogenated alkanes) is 19. The zero-order valence-electron chi connectivity index (χ0n) is 25.3. The largest absolute Gasteiger partial charge is 0.544 e. The van der Waals surface area contributed by atoms with Crippen molar-refractivity contribution in [3.05, 3.63) is 0 Å². The molecule has 0 aliphatic carbocycles. The predicted molar refractivity (Wildman–Crippen MR) is 153 cm³/mol. The van der Waals surface area contributed by atoms with Crippen LogP contribution in [0.25, 0.3) is 0 Å². The zero-order chi connectivity index (χ0) is 29.1. The van der Waals surface area contributed by atoms with Crippen LogP contribution in [0.3, 0.4) is 0 Å². The van der Waals surface area contributed by atoms with Crippen LogP contribution in [0.2, 0.25) is 0 Å². The van der Waals surface area contributed by atoms with Crippen LogP contribution in [0.15, 0.2) is 0 Å². The lowest BCUT2D eigenvalue weighted by Gasteiger charge is -2.23. The SMILES string of the molecule is CCCCCCCCCCCCCCCCCCCCCCC(O)(O)NCC(=O)O.C[N+](C)(C)CC(=O)[O-]. The minimum atomic E-state index is -2.06. The molecule has 8 heteroatoms. The molecular weight excluding hydrogens is 484 g/mol. The molecule has 0 aromatic rings. The van der Waals surface area contributed by atoms with Crippen molar-refractivity contribution < 1.29 is 34.5 Å². The van der Waals surface area contributed by atoms with Crippen LogP contribution in [0.5, 0.6) is 0 Å². The Kier molecular flexibility index (Phi) is 26.7. The van der Waals surface area contributed by atoms with Crippen molar-refractivity contribution in [3.8, 4) is 0 Å². The summed E-state index contributed by atoms with van der Waals surface area (Å²) in [6.45, 7) is 1.91. The van der Waals surface area contributed by atoms with Gasteiger partial charge in [0.25, 0.3) is 0 Å². The van der Waals surface area contributed by atoms with Crippen LogP contribution in [0.1, 0.15) is 142 Å². The molecule has 0 bridgehead atoms. The van der Waals surface area contributed by atoms with Gasteiger partial charge in [-0.3, -0.25) is 10.1 Å². The Hall–Kier alpha value is -1.22. The van der Waals surface area contributed by atoms with Crippen LogP contribution in [0, 0.1) is 0 Å². The summed E-state index contributed by atoms with van der Waals surface area (Å²) < 4.78 is 0.419. The van der Waals surface area contributed by atoms with E-state index in [9.17, 15) is 24.9 Å². The number of hydrogen-bond donors (Lipinski definition) is 4. The highest BCUT2D eigenvalue weighted by molar-refractivity contribution is 5.69. The first-order valence-electron chi connectivity index (χ1n) is 15.3. The Morgan fingerprint density at radius 2 is 0.974 bits per heavy atom. The van der Waals surface area contributed by atoms with Crippen molar-refractivity contribution >= 4 is 11.9 Å². The molecule has 0 heterocycles. The molecule has 0 aromatic carbocycles. The minimum absolute atomic E-state index is 0.0694. The standard InChI is InChI=1S/C25H51NO4.C5H11NO2/c1-2-3-4-5-6-7-8-9-10-11-12-13-14-15-16-17-18-19-20-21-22-25(29,30)26-23-24(27)28;1-6(2,3)4-5(7)8/h26,29-30H,2-23H2,1H3,(H,27,28);4H2,1-3H3. The fourth-order valence-corrected chi connectivity index (χ4v) is 4.32. The maximum absolute atomic E-state index is 10.4. The van der Waals surface area contributed by atoms with E-state index >= 15 is 0 Å². The van der Waals surface area contributed by atoms with Gasteiger partial charge in [-0.25, -0.2) is 0 Å². The van der Waals surface area contributed by atoms with Crippen molar-refractivity contribution in [1.29, 1.82) is 0 Å². The Labute approximate surface area is 233 Å². The summed E-state index contributed by atoms with van der Waals surface area (Å²) in [6.07, 6.45) is 26.4. The molecule has 0 amide bonds. The normalized spacial score (nSPS) is 11.7. The lowest BCUT2D eigenvalue weighted by Crippen LogP contribution is -2.47. The molecular formula is C30H62N2O6. The number of likely N-dealkylation sites (N-methyl/N-ethyl adjacent to an activating group) is 1. The summed E-state index contributed by atoms with van der Waals surface area (Å²) in [5.41, 5.74) is 0. The van der Waals surface area contributed by atoms with Crippen molar-refractivity contribution in [2.24, 2.45) is 0 Å². The third-order valence-electron chi connectivity index (χ3n) is 6.51. The molecule has 0 spiro atoms. The van der Waals surface area contributed by atoms with Gasteiger partial charge in [0.1, 0.15) is 6.54 Å². The van der Waals surface area contributed by atoms with Gasteiger partial charge in [-0.05, 0) is 6.42 Å². The second-order valence-corrected chi connectivity index (χ2v) is 11.9. The van der Waals surface area contributed by atoms with E-state index in [1.165, 1.54) is 109 Å². The average Bonchev–Trinajstić information content (AvgIpc) is 2.80. The van der Waals surface area contributed by atoms with Crippen LogP contribution in [-0.4, -0.2) is 71.9 Å². The summed E-state index contributed by atoms with van der Waals surface area (Å²) in [4.78, 5) is 20.3. The van der Waals surface area contributed by atoms with E-state index in [4.69, 9.17) is 5.11 Å². The molecule has 228 valence electrons. The summed E-state index contributed by atoms with van der Waals surface area (Å²) in [7, 11) is 5.40. The molecule has 0 saturated carbocycles. The Balaban J connectivity index is 0. The second-order valence-electron chi connectivity index (χ2n) is 11.9. The van der Waals surface area contributed by atoms with Gasteiger partial charge in [0.2, 0.25) is 5.91 Å². The number of carboxylic acids is 2. The molecule has 4 N–H and O–H groups in total. The van der Waals surface area contributed by atoms with E-state index in [-0.39, 0.29) is 13.0 Å². The van der Waals surface area contributed by atoms with Gasteiger partial charge >= 0.3 is 5.97 Å². The number of rotatable bonds is 26. The van der Waals surface area contributed by atoms with Gasteiger partial charge in [-0.1, -0.05) is 129 Å². The molecule has 38 heavy (non-hydrogen) atoms. The summed E-state index contributed by atoms with van der Waals surface area (Å²) in [6, 6.07) is 0. The maximum Gasteiger partial charge on any atom is 0.317 e. The van der Waals surface area contributed by atoms with Gasteiger partial charge in [-0.15, -0.1) is 0 Å². The van der Waals surface area contributed by atoms with E-state index in [1.807, 2.05) is 0 Å². The summed E-state index contributed by atoms with van der Waals surface area (Å²) >= 11 is 0. The smallest absolute Gasteiger partial charge is 0.317 e. The molecule has 0 fully saturated rings. The van der Waals surface area contributed by atoms with Crippen LogP contribution < -0.4 is 10.4 Å². The molecule has 0 aromatic heterocycles. The van der Waals surface area contributed by atoms with E-state index in [0.29, 0.717) is 10.9 Å². The molecule has 0 atom stereocenters. The van der Waals surface area contributed by atoms with Gasteiger partial charge in [0.15, 0.2) is 0 Å². The van der Waals surface area contributed by atoms with Crippen molar-refractivity contribution in [3.63, 3.8) is 0 Å². The van der Waals surface area contributed by atoms with Gasteiger partial charge in [0, 0.05) is 6.42 Å². The number of nitrogens with zero attached hydrogens (tertiary/aromatic N) is 1. The zero-order valence-corrected chi connectivity index (χ0v) is 25.3. The van der Waals surface area contributed by atoms with Crippen molar-refractivity contribution in [2.75, 3.05) is 34.2 Å². The molecule has 0 aliphatic heterocycles. The highest BCUT2D eigenvalue weighted by atomic mass is 16.5. The van der Waals surface area contributed by atoms with E-state index < -0.39 is 24.4 Å². The average molecular weight is 547 g/mol. The maximum atomic E-state index is 10.4. The minimum Gasteiger partial charge on any atom is -0.544 e. The topological polar surface area (TPSA) is 130 Å². The fourth-order valence-electron chi connectivity index (χ4n) is 4.32. The summed E-state index contributed by atoms with van der Waals surface area (Å²) in [5.74, 6) is -4.16.